The molecule has 3 fully saturated rings. The highest BCUT2D eigenvalue weighted by Crippen LogP contribution is 2.41. The Labute approximate surface area is 872 Å². The molecular formula is C97H132Br3F5N16O17S3Si3. The Hall–Kier alpha value is -9.45. The van der Waals surface area contributed by atoms with Crippen molar-refractivity contribution in [1.29, 1.82) is 0 Å². The van der Waals surface area contributed by atoms with E-state index in [1.165, 1.54) is 81.4 Å². The van der Waals surface area contributed by atoms with Crippen LogP contribution in [0.2, 0.25) is 54.4 Å². The maximum Gasteiger partial charge on any atom is 0.309 e. The molecule has 3 aliphatic heterocycles. The summed E-state index contributed by atoms with van der Waals surface area (Å²) in [5.41, 5.74) is 15.5. The maximum atomic E-state index is 14.5. The van der Waals surface area contributed by atoms with Gasteiger partial charge < -0.3 is 82.5 Å². The predicted octanol–water partition coefficient (Wildman–Crippen LogP) is 20.1. The van der Waals surface area contributed by atoms with Crippen molar-refractivity contribution in [3.63, 3.8) is 0 Å². The van der Waals surface area contributed by atoms with Gasteiger partial charge in [0.15, 0.2) is 59.1 Å². The summed E-state index contributed by atoms with van der Waals surface area (Å²) in [5, 5.41) is 36.7. The second-order valence-corrected chi connectivity index (χ2v) is 58.9. The SMILES string of the molecule is CC(C)(C)[Si](C)(C)OCCBr.CC(C)(C)[Si](C)(C)OCCOc1ccc(F)c(Br)c1.CC(C)(C)[Si](C)(C)OCCOc1ccc(F)c(N2CCCCC2)c1.CS(=O)(=O)OCCn1c(=O)sc2c1nc(N)n1nc(-c3ccco3)nc21.Nc1nc2c(sc(=O)n2CCN2CCN(c3cc(OCCO)ccc3F)CC2)c2nc(-c3ccco3)nn12.OCCOc1ccc(F)c(N2CCCCC2)c1.Oc1ccc(F)c(Br)c1. The number of furan rings is 2. The molecule has 0 radical (unpaired) electrons. The first-order valence-corrected chi connectivity index (χ1v) is 62.1. The van der Waals surface area contributed by atoms with E-state index >= 15 is 0 Å². The number of thiazole rings is 2. The van der Waals surface area contributed by atoms with Gasteiger partial charge in [0.2, 0.25) is 23.5 Å². The Kier molecular flexibility index (Phi) is 42.8. The number of phenols is 1. The molecule has 7 N–H and O–H groups in total. The fourth-order valence-electron chi connectivity index (χ4n) is 14.0. The lowest BCUT2D eigenvalue weighted by Gasteiger charge is -2.36. The number of ether oxygens (including phenoxy) is 4. The van der Waals surface area contributed by atoms with E-state index in [-0.39, 0.29) is 111 Å². The van der Waals surface area contributed by atoms with Crippen LogP contribution in [0.1, 0.15) is 101 Å². The van der Waals surface area contributed by atoms with Crippen molar-refractivity contribution in [2.45, 2.75) is 168 Å². The van der Waals surface area contributed by atoms with Crippen LogP contribution in [-0.2, 0) is 40.7 Å². The van der Waals surface area contributed by atoms with Crippen LogP contribution in [-0.4, -0.2) is 238 Å². The molecule has 0 unspecified atom stereocenters. The van der Waals surface area contributed by atoms with E-state index in [2.05, 4.69) is 198 Å². The van der Waals surface area contributed by atoms with Crippen molar-refractivity contribution in [1.82, 2.24) is 53.2 Å². The third kappa shape index (κ3) is 33.0. The van der Waals surface area contributed by atoms with Gasteiger partial charge in [0, 0.05) is 95.6 Å². The smallest absolute Gasteiger partial charge is 0.309 e. The molecule has 3 saturated heterocycles. The van der Waals surface area contributed by atoms with Crippen molar-refractivity contribution < 1.29 is 90.9 Å². The quantitative estimate of drug-likeness (QED) is 0.00885. The topological polar surface area (TPSA) is 390 Å². The van der Waals surface area contributed by atoms with Gasteiger partial charge in [-0.25, -0.2) is 31.9 Å². The number of benzene rings is 5. The van der Waals surface area contributed by atoms with Gasteiger partial charge in [0.1, 0.15) is 93.7 Å². The minimum atomic E-state index is -3.60. The number of nitrogens with zero attached hydrogens (tertiary/aromatic N) is 14. The second-order valence-electron chi connectivity index (χ2n) is 38.4. The van der Waals surface area contributed by atoms with Gasteiger partial charge in [-0.1, -0.05) is 101 Å². The molecular weight excluding hydrogens is 2180 g/mol. The molecule has 11 heterocycles. The van der Waals surface area contributed by atoms with Crippen LogP contribution >= 0.6 is 70.5 Å². The average Bonchev–Trinajstić information content (AvgIpc) is 1.60. The number of piperazine rings is 1. The fourth-order valence-corrected chi connectivity index (χ4v) is 20.5. The van der Waals surface area contributed by atoms with E-state index in [1.54, 1.807) is 71.3 Å². The third-order valence-corrected chi connectivity index (χ3v) is 42.6. The summed E-state index contributed by atoms with van der Waals surface area (Å²) in [6.07, 6.45) is 10.9. The summed E-state index contributed by atoms with van der Waals surface area (Å²) in [6.45, 7) is 43.9. The van der Waals surface area contributed by atoms with Crippen LogP contribution in [0.4, 0.5) is 50.9 Å². The number of aromatic hydroxyl groups is 1. The Morgan fingerprint density at radius 2 is 0.806 bits per heavy atom. The van der Waals surface area contributed by atoms with Crippen LogP contribution < -0.4 is 54.9 Å². The van der Waals surface area contributed by atoms with Crippen molar-refractivity contribution in [3.05, 3.63) is 185 Å². The summed E-state index contributed by atoms with van der Waals surface area (Å²) in [7, 11) is -8.51. The molecule has 13 aromatic rings. The zero-order valence-corrected chi connectivity index (χ0v) is 94.4. The molecule has 47 heteroatoms. The molecule has 144 heavy (non-hydrogen) atoms. The number of rotatable bonds is 31. The van der Waals surface area contributed by atoms with Crippen LogP contribution in [0.15, 0.2) is 155 Å². The van der Waals surface area contributed by atoms with Gasteiger partial charge >= 0.3 is 9.75 Å². The number of alkyl halides is 1. The van der Waals surface area contributed by atoms with Gasteiger partial charge in [-0.05, 0) is 222 Å². The number of halogens is 8. The zero-order valence-electron chi connectivity index (χ0n) is 84.1. The Morgan fingerprint density at radius 3 is 1.16 bits per heavy atom. The highest BCUT2D eigenvalue weighted by atomic mass is 79.9. The monoisotopic (exact) mass is 2300 g/mol. The van der Waals surface area contributed by atoms with Crippen LogP contribution in [0.25, 0.3) is 55.2 Å². The highest BCUT2D eigenvalue weighted by Gasteiger charge is 2.40. The van der Waals surface area contributed by atoms with Crippen LogP contribution in [0.3, 0.4) is 0 Å². The van der Waals surface area contributed by atoms with E-state index in [1.807, 2.05) is 11.0 Å². The Bertz CT molecular complexity index is 6550. The number of nitrogen functional groups attached to an aromatic ring is 2. The number of phenolic OH excluding ortho intramolecular Hbond substituents is 1. The highest BCUT2D eigenvalue weighted by molar-refractivity contribution is 9.10. The standard InChI is InChI=1S/C24H25FN8O4S.C19H32FNO2Si.C14H22BrFO2Si.C13H18FNO2.C13H12N6O5S2.C8H19BrOSi.C6H4BrFO/c25-16-4-3-15(36-13-11-34)14-17(16)31-8-5-30(6-9-31)7-10-32-21-19(38-24(32)35)22-27-20(18-2-1-12-37-18)29-33(22)23(26)28-21;1-19(2,3)24(4,5)23-14-13-22-16-9-10-17(20)18(15-16)21-11-7-6-8-12-21;1-14(2,3)19(4,5)18-9-8-17-11-6-7-13(16)12(15)10-11;14-12-5-4-11(17-9-8-16)10-13(12)15-6-2-1-3-7-15;1-26(21,22)24-6-4-18-10-8(25-13(18)20)11-15-9(7-3-2-5-23-7)17-19(11)12(14)16-10;1-8(2,3)11(4,5)10-7-6-9;7-5-3-4(9)1-2-6(5)8/h1-4,12,14,34H,5-11,13H2,(H2,26,28);9-10,15H,6-8,11-14H2,1-5H3;6-7,10H,8-9H2,1-5H3;4-5,10,16H,1-3,6-9H2;2-3,5H,4,6H2,1H3,(H2,14,16);6-7H2,1-5H3;1-3,9H. The predicted molar refractivity (Wildman–Crippen MR) is 575 cm³/mol. The third-order valence-electron chi connectivity index (χ3n) is 24.9. The van der Waals surface area contributed by atoms with Gasteiger partial charge in [-0.2, -0.15) is 27.4 Å². The molecule has 0 saturated carbocycles. The fraction of sp³-hybridized carbons (Fsp3) is 0.485. The molecule has 0 aliphatic carbocycles. The summed E-state index contributed by atoms with van der Waals surface area (Å²) >= 11 is 11.4. The first-order chi connectivity index (χ1) is 68.0. The van der Waals surface area contributed by atoms with Crippen molar-refractivity contribution in [2.75, 3.05) is 163 Å². The molecule has 3 aliphatic rings. The van der Waals surface area contributed by atoms with E-state index in [0.717, 1.165) is 98.5 Å². The summed E-state index contributed by atoms with van der Waals surface area (Å²) in [4.78, 5) is 50.7. The molecule has 5 aromatic carbocycles. The van der Waals surface area contributed by atoms with E-state index in [9.17, 15) is 40.0 Å². The molecule has 0 amide bonds. The summed E-state index contributed by atoms with van der Waals surface area (Å²) < 4.78 is 153. The van der Waals surface area contributed by atoms with E-state index in [0.29, 0.717) is 165 Å². The van der Waals surface area contributed by atoms with Gasteiger partial charge in [-0.3, -0.25) is 27.8 Å². The first kappa shape index (κ1) is 116. The van der Waals surface area contributed by atoms with Crippen molar-refractivity contribution >= 4 is 166 Å². The van der Waals surface area contributed by atoms with E-state index in [4.69, 9.17) is 67.8 Å². The number of hydrogen-bond donors (Lipinski definition) is 5. The summed E-state index contributed by atoms with van der Waals surface area (Å²) in [5.74, 6) is 3.00. The lowest BCUT2D eigenvalue weighted by Crippen LogP contribution is -2.47. The molecule has 8 aromatic heterocycles. The minimum Gasteiger partial charge on any atom is -0.508 e. The van der Waals surface area contributed by atoms with Crippen molar-refractivity contribution in [2.24, 2.45) is 0 Å². The zero-order chi connectivity index (χ0) is 105. The normalized spacial score (nSPS) is 14.0. The van der Waals surface area contributed by atoms with Gasteiger partial charge in [0.25, 0.3) is 10.1 Å². The number of anilines is 5. The summed E-state index contributed by atoms with van der Waals surface area (Å²) in [6, 6.07) is 29.7. The second kappa shape index (κ2) is 52.9. The number of aliphatic hydroxyl groups is 2. The molecule has 0 spiro atoms. The number of aromatic nitrogens is 10. The molecule has 0 bridgehead atoms. The van der Waals surface area contributed by atoms with Gasteiger partial charge in [-0.15, -0.1) is 10.2 Å². The number of fused-ring (bicyclic) bond motifs is 6. The number of nitrogens with two attached hydrogens (primary N) is 2. The van der Waals surface area contributed by atoms with Crippen LogP contribution in [0, 0.1) is 29.1 Å². The largest absolute Gasteiger partial charge is 0.508 e. The van der Waals surface area contributed by atoms with E-state index < -0.39 is 35.1 Å². The van der Waals surface area contributed by atoms with Crippen molar-refractivity contribution in [3.8, 4) is 51.9 Å². The number of hydrogen-bond acceptors (Lipinski definition) is 31. The number of piperidine rings is 2. The molecule has 16 rings (SSSR count). The maximum absolute atomic E-state index is 14.5. The van der Waals surface area contributed by atoms with Crippen LogP contribution in [0.5, 0.6) is 28.7 Å². The lowest BCUT2D eigenvalue weighted by atomic mass is 10.1. The molecule has 33 nitrogen and oxygen atoms in total. The number of aliphatic hydroxyl groups excluding tert-OH is 2. The lowest BCUT2D eigenvalue weighted by molar-refractivity contribution is 0.201. The Balaban J connectivity index is 0.000000180. The Morgan fingerprint density at radius 1 is 0.444 bits per heavy atom. The molecule has 788 valence electrons. The first-order valence-electron chi connectivity index (χ1n) is 47.2. The molecule has 0 atom stereocenters. The average molecular weight is 2310 g/mol. The minimum absolute atomic E-state index is 0.00763. The van der Waals surface area contributed by atoms with Gasteiger partial charge in [0.05, 0.1) is 84.4 Å².